The van der Waals surface area contributed by atoms with Crippen LogP contribution >= 0.6 is 0 Å². The molecule has 2 aromatic carbocycles. The Morgan fingerprint density at radius 2 is 1.75 bits per heavy atom. The van der Waals surface area contributed by atoms with Crippen LogP contribution in [-0.4, -0.2) is 28.6 Å². The molecule has 0 unspecified atom stereocenters. The van der Waals surface area contributed by atoms with Crippen LogP contribution in [0.4, 0.5) is 18.9 Å². The molecule has 0 aliphatic rings. The van der Waals surface area contributed by atoms with Crippen molar-refractivity contribution in [2.24, 2.45) is 0 Å². The monoisotopic (exact) mass is 505 g/mol. The van der Waals surface area contributed by atoms with Crippen LogP contribution in [-0.2, 0) is 10.0 Å². The molecule has 2 N–H and O–H groups in total. The summed E-state index contributed by atoms with van der Waals surface area (Å²) in [6.07, 6.45) is 3.89. The number of sulfonamides is 1. The van der Waals surface area contributed by atoms with Crippen molar-refractivity contribution in [3.05, 3.63) is 102 Å². The second kappa shape index (κ2) is 9.16. The number of aromatic nitrogens is 4. The van der Waals surface area contributed by atoms with Crippen LogP contribution in [0.15, 0.2) is 78.1 Å². The Balaban J connectivity index is 1.49. The SMILES string of the molecule is O=S(=O)(Nc1ccc(F)c(C#Cc2cnc3[nH]nc(-c4ccc(F)cc4)c3c2)c1F)c1cccnc1. The van der Waals surface area contributed by atoms with E-state index in [4.69, 9.17) is 0 Å². The molecule has 0 fully saturated rings. The summed E-state index contributed by atoms with van der Waals surface area (Å²) in [6.45, 7) is 0. The minimum Gasteiger partial charge on any atom is -0.277 e. The topological polar surface area (TPSA) is 101 Å². The highest BCUT2D eigenvalue weighted by Crippen LogP contribution is 2.27. The number of halogens is 3. The maximum Gasteiger partial charge on any atom is 0.263 e. The smallest absolute Gasteiger partial charge is 0.263 e. The van der Waals surface area contributed by atoms with Crippen LogP contribution in [0.3, 0.4) is 0 Å². The third-order valence-corrected chi connectivity index (χ3v) is 6.50. The zero-order chi connectivity index (χ0) is 25.3. The van der Waals surface area contributed by atoms with E-state index in [-0.39, 0.29) is 4.90 Å². The Labute approximate surface area is 203 Å². The minimum absolute atomic E-state index is 0.183. The van der Waals surface area contributed by atoms with Gasteiger partial charge >= 0.3 is 0 Å². The van der Waals surface area contributed by atoms with Gasteiger partial charge in [-0.05, 0) is 54.6 Å². The van der Waals surface area contributed by atoms with E-state index >= 15 is 4.39 Å². The first-order valence-corrected chi connectivity index (χ1v) is 11.8. The highest BCUT2D eigenvalue weighted by atomic mass is 32.2. The zero-order valence-electron chi connectivity index (χ0n) is 18.1. The highest BCUT2D eigenvalue weighted by Gasteiger charge is 2.19. The van der Waals surface area contributed by atoms with E-state index in [9.17, 15) is 17.2 Å². The molecule has 0 amide bonds. The van der Waals surface area contributed by atoms with Gasteiger partial charge in [-0.3, -0.25) is 14.8 Å². The fraction of sp³-hybridized carbons (Fsp3) is 0. The van der Waals surface area contributed by atoms with Crippen molar-refractivity contribution in [2.45, 2.75) is 4.90 Å². The van der Waals surface area contributed by atoms with Gasteiger partial charge < -0.3 is 0 Å². The number of fused-ring (bicyclic) bond motifs is 1. The lowest BCUT2D eigenvalue weighted by molar-refractivity contribution is 0.578. The lowest BCUT2D eigenvalue weighted by Crippen LogP contribution is -2.14. The fourth-order valence-electron chi connectivity index (χ4n) is 3.39. The molecule has 7 nitrogen and oxygen atoms in total. The van der Waals surface area contributed by atoms with Gasteiger partial charge in [-0.1, -0.05) is 11.8 Å². The maximum atomic E-state index is 15.1. The summed E-state index contributed by atoms with van der Waals surface area (Å²) in [6, 6.07) is 11.9. The number of benzene rings is 2. The molecule has 0 saturated carbocycles. The Morgan fingerprint density at radius 3 is 2.50 bits per heavy atom. The van der Waals surface area contributed by atoms with Gasteiger partial charge in [0, 0.05) is 35.1 Å². The molecule has 3 aromatic heterocycles. The van der Waals surface area contributed by atoms with Crippen molar-refractivity contribution in [3.8, 4) is 23.1 Å². The summed E-state index contributed by atoms with van der Waals surface area (Å²) in [7, 11) is -4.15. The summed E-state index contributed by atoms with van der Waals surface area (Å²) in [5.74, 6) is 2.55. The van der Waals surface area contributed by atoms with E-state index in [1.165, 1.54) is 36.7 Å². The maximum absolute atomic E-state index is 15.1. The van der Waals surface area contributed by atoms with Gasteiger partial charge in [-0.15, -0.1) is 0 Å². The number of pyridine rings is 2. The third kappa shape index (κ3) is 4.49. The van der Waals surface area contributed by atoms with Crippen LogP contribution in [0.1, 0.15) is 11.1 Å². The number of anilines is 1. The molecular formula is C25H14F3N5O2S. The number of hydrogen-bond donors (Lipinski definition) is 2. The largest absolute Gasteiger partial charge is 0.277 e. The molecule has 0 atom stereocenters. The summed E-state index contributed by atoms with van der Waals surface area (Å²) in [4.78, 5) is 7.77. The molecule has 0 saturated heterocycles. The minimum atomic E-state index is -4.15. The quantitative estimate of drug-likeness (QED) is 0.347. The molecule has 0 radical (unpaired) electrons. The van der Waals surface area contributed by atoms with E-state index in [1.54, 1.807) is 18.2 Å². The summed E-state index contributed by atoms with van der Waals surface area (Å²) < 4.78 is 69.9. The lowest BCUT2D eigenvalue weighted by atomic mass is 10.1. The fourth-order valence-corrected chi connectivity index (χ4v) is 4.41. The predicted molar refractivity (Wildman–Crippen MR) is 127 cm³/mol. The second-order valence-electron chi connectivity index (χ2n) is 7.53. The Morgan fingerprint density at radius 1 is 0.944 bits per heavy atom. The summed E-state index contributed by atoms with van der Waals surface area (Å²) in [5, 5.41) is 7.55. The predicted octanol–water partition coefficient (Wildman–Crippen LogP) is 4.64. The van der Waals surface area contributed by atoms with E-state index in [0.717, 1.165) is 18.3 Å². The van der Waals surface area contributed by atoms with Crippen molar-refractivity contribution < 1.29 is 21.6 Å². The van der Waals surface area contributed by atoms with Gasteiger partial charge in [0.25, 0.3) is 10.0 Å². The third-order valence-electron chi connectivity index (χ3n) is 5.15. The molecule has 3 heterocycles. The average molecular weight is 505 g/mol. The zero-order valence-corrected chi connectivity index (χ0v) is 18.9. The molecule has 36 heavy (non-hydrogen) atoms. The van der Waals surface area contributed by atoms with Crippen LogP contribution in [0.25, 0.3) is 22.3 Å². The second-order valence-corrected chi connectivity index (χ2v) is 9.21. The first-order valence-electron chi connectivity index (χ1n) is 10.3. The van der Waals surface area contributed by atoms with E-state index in [1.807, 2.05) is 0 Å². The van der Waals surface area contributed by atoms with Gasteiger partial charge in [-0.2, -0.15) is 5.10 Å². The Hall–Kier alpha value is -4.69. The highest BCUT2D eigenvalue weighted by molar-refractivity contribution is 7.92. The molecule has 5 aromatic rings. The van der Waals surface area contributed by atoms with Gasteiger partial charge in [0.15, 0.2) is 11.5 Å². The van der Waals surface area contributed by atoms with Crippen molar-refractivity contribution in [3.63, 3.8) is 0 Å². The van der Waals surface area contributed by atoms with Crippen molar-refractivity contribution in [2.75, 3.05) is 4.72 Å². The summed E-state index contributed by atoms with van der Waals surface area (Å²) in [5.41, 5.74) is 0.834. The number of H-pyrrole nitrogens is 1. The van der Waals surface area contributed by atoms with Crippen LogP contribution in [0.5, 0.6) is 0 Å². The van der Waals surface area contributed by atoms with Gasteiger partial charge in [0.1, 0.15) is 22.2 Å². The lowest BCUT2D eigenvalue weighted by Gasteiger charge is -2.10. The van der Waals surface area contributed by atoms with Gasteiger partial charge in [0.2, 0.25) is 0 Å². The Bertz CT molecular complexity index is 1760. The number of aromatic amines is 1. The van der Waals surface area contributed by atoms with E-state index in [2.05, 4.69) is 36.7 Å². The molecule has 0 aliphatic carbocycles. The van der Waals surface area contributed by atoms with Crippen molar-refractivity contribution >= 4 is 26.7 Å². The first-order chi connectivity index (χ1) is 17.3. The number of hydrogen-bond acceptors (Lipinski definition) is 5. The van der Waals surface area contributed by atoms with Crippen LogP contribution < -0.4 is 4.72 Å². The van der Waals surface area contributed by atoms with E-state index in [0.29, 0.717) is 27.9 Å². The van der Waals surface area contributed by atoms with Gasteiger partial charge in [-0.25, -0.2) is 26.6 Å². The van der Waals surface area contributed by atoms with Crippen molar-refractivity contribution in [1.82, 2.24) is 20.2 Å². The average Bonchev–Trinajstić information content (AvgIpc) is 3.30. The normalized spacial score (nSPS) is 11.2. The first kappa shape index (κ1) is 23.1. The van der Waals surface area contributed by atoms with Gasteiger partial charge in [0.05, 0.1) is 11.3 Å². The molecule has 0 spiro atoms. The van der Waals surface area contributed by atoms with E-state index < -0.39 is 38.7 Å². The molecular weight excluding hydrogens is 491 g/mol. The number of nitrogens with zero attached hydrogens (tertiary/aromatic N) is 3. The van der Waals surface area contributed by atoms with Crippen molar-refractivity contribution in [1.29, 1.82) is 0 Å². The summed E-state index contributed by atoms with van der Waals surface area (Å²) >= 11 is 0. The number of nitrogens with one attached hydrogen (secondary N) is 2. The molecule has 5 rings (SSSR count). The number of rotatable bonds is 4. The standard InChI is InChI=1S/C25H14F3N5O2S/c26-17-6-4-16(5-7-17)24-20-12-15(13-30-25(20)32-31-24)3-8-19-21(27)9-10-22(23(19)28)33-36(34,35)18-2-1-11-29-14-18/h1-2,4-7,9-14,33H,(H,30,31,32). The molecule has 11 heteroatoms. The molecule has 0 aliphatic heterocycles. The van der Waals surface area contributed by atoms with Crippen LogP contribution in [0.2, 0.25) is 0 Å². The Kier molecular flexibility index (Phi) is 5.87. The molecule has 178 valence electrons. The van der Waals surface area contributed by atoms with Crippen LogP contribution in [0, 0.1) is 29.3 Å². The molecule has 0 bridgehead atoms.